The molecule has 3 fully saturated rings. The molecule has 3 heterocycles. The van der Waals surface area contributed by atoms with Crippen molar-refractivity contribution in [3.63, 3.8) is 0 Å². The van der Waals surface area contributed by atoms with E-state index in [2.05, 4.69) is 15.6 Å². The highest BCUT2D eigenvalue weighted by Gasteiger charge is 2.50. The first kappa shape index (κ1) is 22.6. The number of ketones is 1. The van der Waals surface area contributed by atoms with Crippen LogP contribution in [0.5, 0.6) is 0 Å². The van der Waals surface area contributed by atoms with Crippen molar-refractivity contribution < 1.29 is 24.3 Å². The van der Waals surface area contributed by atoms with Gasteiger partial charge in [0.25, 0.3) is 5.91 Å². The van der Waals surface area contributed by atoms with E-state index in [-0.39, 0.29) is 41.9 Å². The van der Waals surface area contributed by atoms with Crippen LogP contribution >= 0.6 is 0 Å². The molecule has 2 aliphatic heterocycles. The summed E-state index contributed by atoms with van der Waals surface area (Å²) >= 11 is 0. The van der Waals surface area contributed by atoms with E-state index >= 15 is 0 Å². The van der Waals surface area contributed by atoms with Crippen LogP contribution < -0.4 is 10.6 Å². The number of rotatable bonds is 7. The van der Waals surface area contributed by atoms with Crippen molar-refractivity contribution in [2.75, 3.05) is 19.7 Å². The molecule has 0 bridgehead atoms. The molecule has 0 unspecified atom stereocenters. The van der Waals surface area contributed by atoms with E-state index in [1.807, 2.05) is 24.3 Å². The molecule has 3 amide bonds. The third-order valence-corrected chi connectivity index (χ3v) is 7.72. The molecular weight excluding hydrogens is 436 g/mol. The summed E-state index contributed by atoms with van der Waals surface area (Å²) in [5.74, 6) is -1.38. The zero-order chi connectivity index (χ0) is 23.8. The molecule has 1 saturated carbocycles. The Kier molecular flexibility index (Phi) is 6.12. The van der Waals surface area contributed by atoms with E-state index in [4.69, 9.17) is 0 Å². The number of para-hydroxylation sites is 1. The predicted molar refractivity (Wildman–Crippen MR) is 124 cm³/mol. The molecule has 1 aromatic carbocycles. The van der Waals surface area contributed by atoms with Gasteiger partial charge in [-0.15, -0.1) is 0 Å². The van der Waals surface area contributed by atoms with E-state index in [1.54, 1.807) is 11.0 Å². The van der Waals surface area contributed by atoms with Crippen molar-refractivity contribution in [1.29, 1.82) is 0 Å². The molecule has 1 aliphatic carbocycles. The largest absolute Gasteiger partial charge is 0.389 e. The van der Waals surface area contributed by atoms with Gasteiger partial charge in [-0.05, 0) is 49.7 Å². The lowest BCUT2D eigenvalue weighted by molar-refractivity contribution is -0.133. The van der Waals surface area contributed by atoms with Crippen LogP contribution in [-0.4, -0.2) is 70.3 Å². The average molecular weight is 467 g/mol. The second-order valence-corrected chi connectivity index (χ2v) is 9.73. The quantitative estimate of drug-likeness (QED) is 0.483. The standard InChI is InChI=1S/C25H30N4O5/c30-13-21(31)19(11-15-8-9-26-23(15)32)28-24(33)22-17-6-3-5-16(17)12-29(22)25(34)20-10-14-4-1-2-7-18(14)27-20/h1-2,4,7,10,15-17,19,22,27,30H,3,5-6,8-9,11-13H2,(H,26,32)(H,28,33)/t15-,16+,17+,19-,22-/m1/s1. The summed E-state index contributed by atoms with van der Waals surface area (Å²) in [6.45, 7) is 0.324. The van der Waals surface area contributed by atoms with Crippen molar-refractivity contribution in [1.82, 2.24) is 20.5 Å². The van der Waals surface area contributed by atoms with Gasteiger partial charge in [0.2, 0.25) is 11.8 Å². The number of amides is 3. The molecule has 0 spiro atoms. The molecule has 180 valence electrons. The van der Waals surface area contributed by atoms with Gasteiger partial charge in [0.05, 0.1) is 6.04 Å². The summed E-state index contributed by atoms with van der Waals surface area (Å²) in [5.41, 5.74) is 1.29. The number of likely N-dealkylation sites (tertiary alicyclic amines) is 1. The number of hydrogen-bond acceptors (Lipinski definition) is 5. The van der Waals surface area contributed by atoms with Gasteiger partial charge >= 0.3 is 0 Å². The number of aliphatic hydroxyl groups excluding tert-OH is 1. The maximum atomic E-state index is 13.5. The van der Waals surface area contributed by atoms with Gasteiger partial charge in [-0.25, -0.2) is 0 Å². The molecule has 3 aliphatic rings. The van der Waals surface area contributed by atoms with Gasteiger partial charge in [-0.3, -0.25) is 19.2 Å². The first-order chi connectivity index (χ1) is 16.5. The fourth-order valence-electron chi connectivity index (χ4n) is 5.99. The minimum Gasteiger partial charge on any atom is -0.389 e. The number of H-pyrrole nitrogens is 1. The zero-order valence-corrected chi connectivity index (χ0v) is 19.0. The van der Waals surface area contributed by atoms with Crippen LogP contribution in [0.25, 0.3) is 10.9 Å². The topological polar surface area (TPSA) is 132 Å². The van der Waals surface area contributed by atoms with Crippen molar-refractivity contribution in [3.05, 3.63) is 36.0 Å². The predicted octanol–water partition coefficient (Wildman–Crippen LogP) is 0.981. The second-order valence-electron chi connectivity index (χ2n) is 9.73. The Balaban J connectivity index is 1.38. The number of aromatic nitrogens is 1. The number of aromatic amines is 1. The van der Waals surface area contributed by atoms with E-state index in [0.717, 1.165) is 30.2 Å². The molecule has 5 rings (SSSR count). The number of nitrogens with one attached hydrogen (secondary N) is 3. The third kappa shape index (κ3) is 4.09. The number of aliphatic hydroxyl groups is 1. The SMILES string of the molecule is O=C1NCC[C@@H]1C[C@@H](NC(=O)[C@H]1[C@H]2CCC[C@H]2CN1C(=O)c1cc2ccccc2[nH]1)C(=O)CO. The summed E-state index contributed by atoms with van der Waals surface area (Å²) in [6, 6.07) is 7.79. The number of carbonyl (C=O) groups is 4. The Bertz CT molecular complexity index is 1090. The van der Waals surface area contributed by atoms with Crippen LogP contribution in [0.15, 0.2) is 30.3 Å². The van der Waals surface area contributed by atoms with Gasteiger partial charge in [0, 0.05) is 29.9 Å². The van der Waals surface area contributed by atoms with Gasteiger partial charge < -0.3 is 25.6 Å². The fourth-order valence-corrected chi connectivity index (χ4v) is 5.99. The highest BCUT2D eigenvalue weighted by atomic mass is 16.3. The number of fused-ring (bicyclic) bond motifs is 2. The second kappa shape index (κ2) is 9.21. The summed E-state index contributed by atoms with van der Waals surface area (Å²) in [7, 11) is 0. The van der Waals surface area contributed by atoms with E-state index in [1.165, 1.54) is 0 Å². The molecule has 0 radical (unpaired) electrons. The van der Waals surface area contributed by atoms with Crippen molar-refractivity contribution >= 4 is 34.4 Å². The molecular formula is C25H30N4O5. The number of benzene rings is 1. The molecule has 5 atom stereocenters. The molecule has 9 heteroatoms. The normalized spacial score (nSPS) is 27.0. The summed E-state index contributed by atoms with van der Waals surface area (Å²) in [4.78, 5) is 56.3. The highest BCUT2D eigenvalue weighted by molar-refractivity contribution is 6.01. The molecule has 4 N–H and O–H groups in total. The number of carbonyl (C=O) groups excluding carboxylic acids is 4. The third-order valence-electron chi connectivity index (χ3n) is 7.72. The Labute approximate surface area is 197 Å². The van der Waals surface area contributed by atoms with Crippen LogP contribution in [0.1, 0.15) is 42.6 Å². The fraction of sp³-hybridized carbons (Fsp3) is 0.520. The van der Waals surface area contributed by atoms with Gasteiger partial charge in [-0.2, -0.15) is 0 Å². The van der Waals surface area contributed by atoms with Crippen LogP contribution in [0.3, 0.4) is 0 Å². The summed E-state index contributed by atoms with van der Waals surface area (Å²) in [5, 5.41) is 15.9. The zero-order valence-electron chi connectivity index (χ0n) is 19.0. The summed E-state index contributed by atoms with van der Waals surface area (Å²) in [6.07, 6.45) is 3.56. The Morgan fingerprint density at radius 2 is 2.00 bits per heavy atom. The van der Waals surface area contributed by atoms with Gasteiger partial charge in [-0.1, -0.05) is 24.6 Å². The number of hydrogen-bond donors (Lipinski definition) is 4. The molecule has 34 heavy (non-hydrogen) atoms. The van der Waals surface area contributed by atoms with Crippen molar-refractivity contribution in [2.24, 2.45) is 17.8 Å². The Morgan fingerprint density at radius 1 is 1.18 bits per heavy atom. The monoisotopic (exact) mass is 466 g/mol. The Morgan fingerprint density at radius 3 is 2.74 bits per heavy atom. The van der Waals surface area contributed by atoms with Crippen LogP contribution in [0.2, 0.25) is 0 Å². The van der Waals surface area contributed by atoms with Gasteiger partial charge in [0.1, 0.15) is 18.3 Å². The lowest BCUT2D eigenvalue weighted by atomic mass is 9.92. The summed E-state index contributed by atoms with van der Waals surface area (Å²) < 4.78 is 0. The van der Waals surface area contributed by atoms with Crippen molar-refractivity contribution in [3.8, 4) is 0 Å². The highest BCUT2D eigenvalue weighted by Crippen LogP contribution is 2.43. The smallest absolute Gasteiger partial charge is 0.271 e. The number of nitrogens with zero attached hydrogens (tertiary/aromatic N) is 1. The lowest BCUT2D eigenvalue weighted by Gasteiger charge is -2.29. The van der Waals surface area contributed by atoms with Crippen LogP contribution in [-0.2, 0) is 14.4 Å². The maximum absolute atomic E-state index is 13.5. The molecule has 2 aromatic rings. The minimum atomic E-state index is -0.961. The first-order valence-electron chi connectivity index (χ1n) is 12.1. The van der Waals surface area contributed by atoms with E-state index < -0.39 is 24.5 Å². The van der Waals surface area contributed by atoms with E-state index in [0.29, 0.717) is 25.2 Å². The molecule has 2 saturated heterocycles. The van der Waals surface area contributed by atoms with Crippen molar-refractivity contribution in [2.45, 2.75) is 44.2 Å². The molecule has 1 aromatic heterocycles. The van der Waals surface area contributed by atoms with Gasteiger partial charge in [0.15, 0.2) is 5.78 Å². The first-order valence-corrected chi connectivity index (χ1v) is 12.1. The van der Waals surface area contributed by atoms with Crippen LogP contribution in [0.4, 0.5) is 0 Å². The minimum absolute atomic E-state index is 0.0352. The van der Waals surface area contributed by atoms with Crippen LogP contribution in [0, 0.1) is 17.8 Å². The number of Topliss-reactive ketones (excluding diaryl/α,β-unsaturated/α-hetero) is 1. The van der Waals surface area contributed by atoms with E-state index in [9.17, 15) is 24.3 Å². The lowest BCUT2D eigenvalue weighted by Crippen LogP contribution is -2.53. The maximum Gasteiger partial charge on any atom is 0.271 e. The Hall–Kier alpha value is -3.20. The average Bonchev–Trinajstić information content (AvgIpc) is 3.61. The molecule has 9 nitrogen and oxygen atoms in total.